The number of piperidine rings is 1. The molecule has 5 nitrogen and oxygen atoms in total. The highest BCUT2D eigenvalue weighted by molar-refractivity contribution is 5.85. The average molecular weight is 248 g/mol. The first-order chi connectivity index (χ1) is 8.72. The van der Waals surface area contributed by atoms with Crippen molar-refractivity contribution in [1.82, 2.24) is 9.88 Å². The number of hydrogen-bond donors (Lipinski definition) is 2. The van der Waals surface area contributed by atoms with E-state index in [0.29, 0.717) is 5.84 Å². The van der Waals surface area contributed by atoms with Crippen LogP contribution in [0.3, 0.4) is 0 Å². The van der Waals surface area contributed by atoms with Gasteiger partial charge in [-0.2, -0.15) is 0 Å². The minimum absolute atomic E-state index is 0.0326. The molecule has 18 heavy (non-hydrogen) atoms. The van der Waals surface area contributed by atoms with Gasteiger partial charge in [0, 0.05) is 12.7 Å². The Morgan fingerprint density at radius 1 is 1.61 bits per heavy atom. The lowest BCUT2D eigenvalue weighted by atomic mass is 10.0. The molecule has 0 amide bonds. The van der Waals surface area contributed by atoms with Gasteiger partial charge < -0.3 is 10.9 Å². The first kappa shape index (κ1) is 12.8. The molecule has 1 unspecified atom stereocenters. The Morgan fingerprint density at radius 2 is 2.44 bits per heavy atom. The van der Waals surface area contributed by atoms with E-state index in [1.807, 2.05) is 12.3 Å². The van der Waals surface area contributed by atoms with Crippen molar-refractivity contribution in [3.05, 3.63) is 29.6 Å². The van der Waals surface area contributed by atoms with Gasteiger partial charge >= 0.3 is 0 Å². The number of aromatic nitrogens is 1. The lowest BCUT2D eigenvalue weighted by Gasteiger charge is -2.34. The molecule has 2 rings (SSSR count). The summed E-state index contributed by atoms with van der Waals surface area (Å²) >= 11 is 0. The summed E-state index contributed by atoms with van der Waals surface area (Å²) < 4.78 is 0. The van der Waals surface area contributed by atoms with E-state index >= 15 is 0 Å². The summed E-state index contributed by atoms with van der Waals surface area (Å²) in [5, 5.41) is 12.0. The van der Waals surface area contributed by atoms with Gasteiger partial charge in [0.1, 0.15) is 0 Å². The SMILES string of the molecule is Cc1cccnc1CN1CCCCC1/C(N)=N/O. The molecular weight excluding hydrogens is 228 g/mol. The molecule has 1 aromatic heterocycles. The lowest BCUT2D eigenvalue weighted by molar-refractivity contribution is 0.176. The summed E-state index contributed by atoms with van der Waals surface area (Å²) in [5.74, 6) is 0.309. The minimum Gasteiger partial charge on any atom is -0.409 e. The number of nitrogens with zero attached hydrogens (tertiary/aromatic N) is 3. The topological polar surface area (TPSA) is 74.7 Å². The Balaban J connectivity index is 2.13. The highest BCUT2D eigenvalue weighted by Crippen LogP contribution is 2.20. The minimum atomic E-state index is 0.0326. The molecule has 98 valence electrons. The van der Waals surface area contributed by atoms with Gasteiger partial charge in [-0.05, 0) is 37.9 Å². The number of oxime groups is 1. The van der Waals surface area contributed by atoms with Gasteiger partial charge in [0.15, 0.2) is 5.84 Å². The molecule has 1 fully saturated rings. The van der Waals surface area contributed by atoms with Crippen LogP contribution in [0.4, 0.5) is 0 Å². The van der Waals surface area contributed by atoms with Crippen molar-refractivity contribution in [3.8, 4) is 0 Å². The van der Waals surface area contributed by atoms with E-state index in [2.05, 4.69) is 28.0 Å². The maximum absolute atomic E-state index is 8.85. The van der Waals surface area contributed by atoms with E-state index in [1.54, 1.807) is 0 Å². The second kappa shape index (κ2) is 5.82. The molecule has 1 aliphatic rings. The fourth-order valence-corrected chi connectivity index (χ4v) is 2.46. The van der Waals surface area contributed by atoms with Crippen molar-refractivity contribution in [2.45, 2.75) is 38.8 Å². The Bertz CT molecular complexity index is 433. The van der Waals surface area contributed by atoms with Gasteiger partial charge in [0.2, 0.25) is 0 Å². The van der Waals surface area contributed by atoms with Crippen LogP contribution in [0.25, 0.3) is 0 Å². The molecule has 1 saturated heterocycles. The van der Waals surface area contributed by atoms with Crippen LogP contribution in [0.1, 0.15) is 30.5 Å². The summed E-state index contributed by atoms with van der Waals surface area (Å²) in [6.45, 7) is 3.79. The first-order valence-corrected chi connectivity index (χ1v) is 6.34. The second-order valence-corrected chi connectivity index (χ2v) is 4.77. The van der Waals surface area contributed by atoms with Crippen molar-refractivity contribution in [1.29, 1.82) is 0 Å². The lowest BCUT2D eigenvalue weighted by Crippen LogP contribution is -2.47. The Hall–Kier alpha value is -1.62. The molecule has 0 spiro atoms. The van der Waals surface area contributed by atoms with Crippen LogP contribution >= 0.6 is 0 Å². The summed E-state index contributed by atoms with van der Waals surface area (Å²) in [4.78, 5) is 6.65. The standard InChI is InChI=1S/C13H20N4O/c1-10-5-4-7-15-11(10)9-17-8-3-2-6-12(17)13(14)16-18/h4-5,7,12,18H,2-3,6,8-9H2,1H3,(H2,14,16). The average Bonchev–Trinajstić information content (AvgIpc) is 2.41. The van der Waals surface area contributed by atoms with Crippen LogP contribution in [-0.2, 0) is 6.54 Å². The van der Waals surface area contributed by atoms with Crippen LogP contribution in [-0.4, -0.2) is 33.5 Å². The van der Waals surface area contributed by atoms with Gasteiger partial charge in [-0.25, -0.2) is 0 Å². The van der Waals surface area contributed by atoms with Crippen molar-refractivity contribution < 1.29 is 5.21 Å². The molecule has 0 radical (unpaired) electrons. The molecular formula is C13H20N4O. The largest absolute Gasteiger partial charge is 0.409 e. The maximum atomic E-state index is 8.85. The number of aryl methyl sites for hydroxylation is 1. The third-order valence-corrected chi connectivity index (χ3v) is 3.54. The number of pyridine rings is 1. The molecule has 1 aromatic rings. The van der Waals surface area contributed by atoms with Gasteiger partial charge in [-0.15, -0.1) is 0 Å². The predicted molar refractivity (Wildman–Crippen MR) is 70.4 cm³/mol. The monoisotopic (exact) mass is 248 g/mol. The Morgan fingerprint density at radius 3 is 3.17 bits per heavy atom. The highest BCUT2D eigenvalue weighted by atomic mass is 16.4. The highest BCUT2D eigenvalue weighted by Gasteiger charge is 2.26. The van der Waals surface area contributed by atoms with Crippen LogP contribution in [0.15, 0.2) is 23.5 Å². The van der Waals surface area contributed by atoms with Crippen molar-refractivity contribution in [2.75, 3.05) is 6.54 Å². The number of nitrogens with two attached hydrogens (primary N) is 1. The zero-order chi connectivity index (χ0) is 13.0. The van der Waals surface area contributed by atoms with Gasteiger partial charge in [0.25, 0.3) is 0 Å². The number of hydrogen-bond acceptors (Lipinski definition) is 4. The van der Waals surface area contributed by atoms with E-state index in [0.717, 1.165) is 38.0 Å². The quantitative estimate of drug-likeness (QED) is 0.368. The Labute approximate surface area is 107 Å². The smallest absolute Gasteiger partial charge is 0.156 e. The molecule has 2 heterocycles. The third-order valence-electron chi connectivity index (χ3n) is 3.54. The van der Waals surface area contributed by atoms with Crippen LogP contribution in [0.5, 0.6) is 0 Å². The predicted octanol–water partition coefficient (Wildman–Crippen LogP) is 1.49. The van der Waals surface area contributed by atoms with E-state index in [1.165, 1.54) is 5.56 Å². The molecule has 5 heteroatoms. The number of amidine groups is 1. The molecule has 0 aliphatic carbocycles. The zero-order valence-corrected chi connectivity index (χ0v) is 10.7. The summed E-state index contributed by atoms with van der Waals surface area (Å²) in [5.41, 5.74) is 8.01. The Kier molecular flexibility index (Phi) is 4.15. The van der Waals surface area contributed by atoms with E-state index in [4.69, 9.17) is 10.9 Å². The summed E-state index contributed by atoms with van der Waals surface area (Å²) in [7, 11) is 0. The number of likely N-dealkylation sites (tertiary alicyclic amines) is 1. The van der Waals surface area contributed by atoms with Gasteiger partial charge in [-0.1, -0.05) is 17.6 Å². The van der Waals surface area contributed by atoms with Gasteiger partial charge in [-0.3, -0.25) is 9.88 Å². The van der Waals surface area contributed by atoms with Crippen LogP contribution in [0, 0.1) is 6.92 Å². The first-order valence-electron chi connectivity index (χ1n) is 6.34. The van der Waals surface area contributed by atoms with Crippen LogP contribution < -0.4 is 5.73 Å². The summed E-state index contributed by atoms with van der Waals surface area (Å²) in [6.07, 6.45) is 5.03. The molecule has 0 saturated carbocycles. The van der Waals surface area contributed by atoms with Crippen molar-refractivity contribution in [3.63, 3.8) is 0 Å². The van der Waals surface area contributed by atoms with Crippen molar-refractivity contribution in [2.24, 2.45) is 10.9 Å². The van der Waals surface area contributed by atoms with Crippen LogP contribution in [0.2, 0.25) is 0 Å². The molecule has 1 atom stereocenters. The number of rotatable bonds is 3. The maximum Gasteiger partial charge on any atom is 0.156 e. The van der Waals surface area contributed by atoms with E-state index in [-0.39, 0.29) is 6.04 Å². The fourth-order valence-electron chi connectivity index (χ4n) is 2.46. The molecule has 3 N–H and O–H groups in total. The van der Waals surface area contributed by atoms with Gasteiger partial charge in [0.05, 0.1) is 11.7 Å². The van der Waals surface area contributed by atoms with Crippen molar-refractivity contribution >= 4 is 5.84 Å². The molecule has 0 bridgehead atoms. The zero-order valence-electron chi connectivity index (χ0n) is 10.7. The fraction of sp³-hybridized carbons (Fsp3) is 0.538. The molecule has 1 aliphatic heterocycles. The molecule has 0 aromatic carbocycles. The summed E-state index contributed by atoms with van der Waals surface area (Å²) in [6, 6.07) is 4.03. The van der Waals surface area contributed by atoms with E-state index in [9.17, 15) is 0 Å². The normalized spacial score (nSPS) is 22.1. The third kappa shape index (κ3) is 2.79. The van der Waals surface area contributed by atoms with E-state index < -0.39 is 0 Å². The second-order valence-electron chi connectivity index (χ2n) is 4.77.